The van der Waals surface area contributed by atoms with Crippen LogP contribution in [0.25, 0.3) is 0 Å². The van der Waals surface area contributed by atoms with Gasteiger partial charge in [-0.05, 0) is 44.4 Å². The lowest BCUT2D eigenvalue weighted by Crippen LogP contribution is -1.95. The van der Waals surface area contributed by atoms with E-state index in [9.17, 15) is 0 Å². The minimum Gasteiger partial charge on any atom is -0.494 e. The lowest BCUT2D eigenvalue weighted by molar-refractivity contribution is 0.317. The average molecular weight is 207 g/mol. The molecule has 0 aromatic heterocycles. The lowest BCUT2D eigenvalue weighted by atomic mass is 10.1. The third-order valence-corrected chi connectivity index (χ3v) is 2.18. The molecule has 0 saturated carbocycles. The molecule has 0 aliphatic carbocycles. The zero-order valence-corrected chi connectivity index (χ0v) is 9.23. The minimum atomic E-state index is 0.690. The third kappa shape index (κ3) is 4.02. The second kappa shape index (κ2) is 6.06. The molecule has 0 amide bonds. The van der Waals surface area contributed by atoms with Crippen molar-refractivity contribution in [3.05, 3.63) is 29.8 Å². The summed E-state index contributed by atoms with van der Waals surface area (Å²) in [7, 11) is 0. The Bertz CT molecular complexity index is 317. The molecule has 82 valence electrons. The van der Waals surface area contributed by atoms with Gasteiger partial charge in [0.05, 0.1) is 12.3 Å². The number of ether oxygens (including phenoxy) is 1. The summed E-state index contributed by atoms with van der Waals surface area (Å²) in [6, 6.07) is 8.00. The van der Waals surface area contributed by atoms with Gasteiger partial charge in [-0.3, -0.25) is 0 Å². The molecule has 3 heteroatoms. The number of hydrogen-bond acceptors (Lipinski definition) is 3. The van der Waals surface area contributed by atoms with E-state index in [-0.39, 0.29) is 0 Å². The number of rotatable bonds is 5. The van der Waals surface area contributed by atoms with Crippen LogP contribution in [0.2, 0.25) is 0 Å². The molecule has 0 atom stereocenters. The summed E-state index contributed by atoms with van der Waals surface area (Å²) in [5, 5.41) is 11.6. The van der Waals surface area contributed by atoms with Crippen LogP contribution in [0.5, 0.6) is 5.75 Å². The molecule has 1 aromatic rings. The van der Waals surface area contributed by atoms with E-state index >= 15 is 0 Å². The second-order valence-electron chi connectivity index (χ2n) is 3.41. The van der Waals surface area contributed by atoms with E-state index in [4.69, 9.17) is 9.94 Å². The Morgan fingerprint density at radius 1 is 1.33 bits per heavy atom. The second-order valence-corrected chi connectivity index (χ2v) is 3.41. The van der Waals surface area contributed by atoms with Gasteiger partial charge in [0, 0.05) is 0 Å². The van der Waals surface area contributed by atoms with Crippen molar-refractivity contribution in [2.75, 3.05) is 6.61 Å². The van der Waals surface area contributed by atoms with E-state index in [2.05, 4.69) is 5.16 Å². The van der Waals surface area contributed by atoms with Crippen LogP contribution >= 0.6 is 0 Å². The molecule has 0 fully saturated rings. The Hall–Kier alpha value is -1.51. The Morgan fingerprint density at radius 3 is 2.53 bits per heavy atom. The smallest absolute Gasteiger partial charge is 0.119 e. The summed E-state index contributed by atoms with van der Waals surface area (Å²) >= 11 is 0. The van der Waals surface area contributed by atoms with Crippen molar-refractivity contribution in [3.8, 4) is 5.75 Å². The maximum absolute atomic E-state index is 8.49. The van der Waals surface area contributed by atoms with Gasteiger partial charge in [-0.1, -0.05) is 17.3 Å². The monoisotopic (exact) mass is 207 g/mol. The highest BCUT2D eigenvalue weighted by Crippen LogP contribution is 2.13. The summed E-state index contributed by atoms with van der Waals surface area (Å²) in [5.41, 5.74) is 1.98. The molecule has 0 heterocycles. The van der Waals surface area contributed by atoms with Crippen LogP contribution in [-0.2, 0) is 6.42 Å². The quantitative estimate of drug-likeness (QED) is 0.458. The van der Waals surface area contributed by atoms with Crippen molar-refractivity contribution in [2.45, 2.75) is 26.7 Å². The molecule has 0 bridgehead atoms. The summed E-state index contributed by atoms with van der Waals surface area (Å²) in [5.74, 6) is 0.897. The fourth-order valence-electron chi connectivity index (χ4n) is 1.29. The molecule has 0 aliphatic heterocycles. The Balaban J connectivity index is 2.49. The molecule has 0 radical (unpaired) electrons. The topological polar surface area (TPSA) is 41.8 Å². The zero-order chi connectivity index (χ0) is 11.1. The maximum Gasteiger partial charge on any atom is 0.119 e. The highest BCUT2D eigenvalue weighted by molar-refractivity contribution is 5.81. The van der Waals surface area contributed by atoms with Gasteiger partial charge in [0.2, 0.25) is 0 Å². The molecule has 0 spiro atoms. The SMILES string of the molecule is CCOc1ccc(CC/C(C)=N/O)cc1. The van der Waals surface area contributed by atoms with Gasteiger partial charge >= 0.3 is 0 Å². The Morgan fingerprint density at radius 2 is 2.00 bits per heavy atom. The molecule has 0 aliphatic rings. The molecule has 1 aromatic carbocycles. The predicted octanol–water partition coefficient (Wildman–Crippen LogP) is 2.87. The molecule has 1 N–H and O–H groups in total. The molecule has 0 saturated heterocycles. The molecular weight excluding hydrogens is 190 g/mol. The number of hydrogen-bond donors (Lipinski definition) is 1. The van der Waals surface area contributed by atoms with Crippen LogP contribution < -0.4 is 4.74 Å². The van der Waals surface area contributed by atoms with Crippen LogP contribution in [0.4, 0.5) is 0 Å². The maximum atomic E-state index is 8.49. The molecule has 3 nitrogen and oxygen atoms in total. The van der Waals surface area contributed by atoms with Crippen molar-refractivity contribution < 1.29 is 9.94 Å². The van der Waals surface area contributed by atoms with Crippen molar-refractivity contribution >= 4 is 5.71 Å². The average Bonchev–Trinajstić information content (AvgIpc) is 2.28. The first kappa shape index (κ1) is 11.6. The summed E-state index contributed by atoms with van der Waals surface area (Å²) < 4.78 is 5.34. The van der Waals surface area contributed by atoms with Gasteiger partial charge in [0.15, 0.2) is 0 Å². The first-order valence-electron chi connectivity index (χ1n) is 5.15. The fraction of sp³-hybridized carbons (Fsp3) is 0.417. The first-order chi connectivity index (χ1) is 7.26. The highest BCUT2D eigenvalue weighted by atomic mass is 16.5. The van der Waals surface area contributed by atoms with Gasteiger partial charge in [-0.15, -0.1) is 0 Å². The van der Waals surface area contributed by atoms with E-state index in [1.807, 2.05) is 38.1 Å². The minimum absolute atomic E-state index is 0.690. The number of nitrogens with zero attached hydrogens (tertiary/aromatic N) is 1. The van der Waals surface area contributed by atoms with E-state index in [1.54, 1.807) is 0 Å². The van der Waals surface area contributed by atoms with Crippen LogP contribution in [0, 0.1) is 0 Å². The van der Waals surface area contributed by atoms with Crippen molar-refractivity contribution in [1.29, 1.82) is 0 Å². The van der Waals surface area contributed by atoms with Crippen LogP contribution in [-0.4, -0.2) is 17.5 Å². The van der Waals surface area contributed by atoms with Crippen LogP contribution in [0.15, 0.2) is 29.4 Å². The van der Waals surface area contributed by atoms with Crippen LogP contribution in [0.1, 0.15) is 25.8 Å². The molecular formula is C12H17NO2. The van der Waals surface area contributed by atoms with Crippen molar-refractivity contribution in [3.63, 3.8) is 0 Å². The van der Waals surface area contributed by atoms with Gasteiger partial charge in [-0.25, -0.2) is 0 Å². The molecule has 15 heavy (non-hydrogen) atoms. The Labute approximate surface area is 90.4 Å². The van der Waals surface area contributed by atoms with E-state index in [0.717, 1.165) is 24.3 Å². The summed E-state index contributed by atoms with van der Waals surface area (Å²) in [6.07, 6.45) is 1.67. The number of benzene rings is 1. The van der Waals surface area contributed by atoms with Crippen molar-refractivity contribution in [1.82, 2.24) is 0 Å². The molecule has 0 unspecified atom stereocenters. The van der Waals surface area contributed by atoms with Gasteiger partial charge < -0.3 is 9.94 Å². The largest absolute Gasteiger partial charge is 0.494 e. The third-order valence-electron chi connectivity index (χ3n) is 2.18. The number of aryl methyl sites for hydroxylation is 1. The van der Waals surface area contributed by atoms with E-state index < -0.39 is 0 Å². The normalized spacial score (nSPS) is 11.5. The molecule has 1 rings (SSSR count). The summed E-state index contributed by atoms with van der Waals surface area (Å²) in [6.45, 7) is 4.47. The highest BCUT2D eigenvalue weighted by Gasteiger charge is 1.97. The van der Waals surface area contributed by atoms with Gasteiger partial charge in [0.1, 0.15) is 5.75 Å². The number of oxime groups is 1. The van der Waals surface area contributed by atoms with Crippen molar-refractivity contribution in [2.24, 2.45) is 5.16 Å². The standard InChI is InChI=1S/C12H17NO2/c1-3-15-12-8-6-11(7-9-12)5-4-10(2)13-14/h6-9,14H,3-5H2,1-2H3/b13-10+. The van der Waals surface area contributed by atoms with E-state index in [0.29, 0.717) is 6.61 Å². The van der Waals surface area contributed by atoms with Gasteiger partial charge in [-0.2, -0.15) is 0 Å². The first-order valence-corrected chi connectivity index (χ1v) is 5.15. The summed E-state index contributed by atoms with van der Waals surface area (Å²) in [4.78, 5) is 0. The van der Waals surface area contributed by atoms with Crippen LogP contribution in [0.3, 0.4) is 0 Å². The van der Waals surface area contributed by atoms with E-state index in [1.165, 1.54) is 5.56 Å². The fourth-order valence-corrected chi connectivity index (χ4v) is 1.29. The van der Waals surface area contributed by atoms with Gasteiger partial charge in [0.25, 0.3) is 0 Å². The Kier molecular flexibility index (Phi) is 4.68. The lowest BCUT2D eigenvalue weighted by Gasteiger charge is -2.04. The zero-order valence-electron chi connectivity index (χ0n) is 9.23. The predicted molar refractivity (Wildman–Crippen MR) is 60.8 cm³/mol.